The van der Waals surface area contributed by atoms with Gasteiger partial charge in [0.05, 0.1) is 17.9 Å². The average molecular weight is 319 g/mol. The predicted octanol–water partition coefficient (Wildman–Crippen LogP) is 2.47. The Morgan fingerprint density at radius 3 is 2.67 bits per heavy atom. The van der Waals surface area contributed by atoms with Crippen LogP contribution in [0.25, 0.3) is 17.2 Å². The van der Waals surface area contributed by atoms with E-state index in [-0.39, 0.29) is 6.04 Å². The van der Waals surface area contributed by atoms with E-state index in [4.69, 9.17) is 0 Å². The summed E-state index contributed by atoms with van der Waals surface area (Å²) in [5.74, 6) is 0.800. The zero-order valence-corrected chi connectivity index (χ0v) is 13.5. The fourth-order valence-electron chi connectivity index (χ4n) is 2.78. The van der Waals surface area contributed by atoms with E-state index in [0.29, 0.717) is 0 Å². The first kappa shape index (κ1) is 14.4. The second kappa shape index (κ2) is 5.77. The molecule has 0 spiro atoms. The minimum Gasteiger partial charge on any atom is -0.333 e. The van der Waals surface area contributed by atoms with E-state index in [1.807, 2.05) is 57.8 Å². The van der Waals surface area contributed by atoms with Crippen molar-refractivity contribution in [2.45, 2.75) is 13.0 Å². The van der Waals surface area contributed by atoms with E-state index in [1.54, 1.807) is 12.4 Å². The Morgan fingerprint density at radius 1 is 1.04 bits per heavy atom. The van der Waals surface area contributed by atoms with Crippen molar-refractivity contribution in [3.63, 3.8) is 0 Å². The summed E-state index contributed by atoms with van der Waals surface area (Å²) in [5.41, 5.74) is 2.91. The molecule has 3 aromatic heterocycles. The lowest BCUT2D eigenvalue weighted by Crippen LogP contribution is -2.11. The van der Waals surface area contributed by atoms with Gasteiger partial charge in [-0.15, -0.1) is 5.10 Å². The highest BCUT2D eigenvalue weighted by Crippen LogP contribution is 2.25. The lowest BCUT2D eigenvalue weighted by molar-refractivity contribution is 0.540. The number of aryl methyl sites for hydroxylation is 1. The van der Waals surface area contributed by atoms with Gasteiger partial charge < -0.3 is 4.57 Å². The number of nitrogens with zero attached hydrogens (tertiary/aromatic N) is 7. The molecule has 0 aliphatic carbocycles. The molecule has 0 amide bonds. The summed E-state index contributed by atoms with van der Waals surface area (Å²) in [4.78, 5) is 4.32. The summed E-state index contributed by atoms with van der Waals surface area (Å²) in [6.07, 6.45) is 9.28. The van der Waals surface area contributed by atoms with Crippen molar-refractivity contribution in [3.05, 3.63) is 66.9 Å². The number of para-hydroxylation sites is 1. The highest BCUT2D eigenvalue weighted by molar-refractivity contribution is 5.48. The van der Waals surface area contributed by atoms with E-state index in [1.165, 1.54) is 0 Å². The van der Waals surface area contributed by atoms with Crippen LogP contribution in [0.4, 0.5) is 0 Å². The van der Waals surface area contributed by atoms with E-state index >= 15 is 0 Å². The molecule has 1 aromatic carbocycles. The molecule has 4 aromatic rings. The van der Waals surface area contributed by atoms with Gasteiger partial charge in [0.15, 0.2) is 5.82 Å². The Morgan fingerprint density at radius 2 is 1.92 bits per heavy atom. The molecule has 0 saturated heterocycles. The van der Waals surface area contributed by atoms with Gasteiger partial charge >= 0.3 is 0 Å². The monoisotopic (exact) mass is 319 g/mol. The van der Waals surface area contributed by atoms with Gasteiger partial charge in [-0.3, -0.25) is 0 Å². The van der Waals surface area contributed by atoms with E-state index < -0.39 is 0 Å². The first-order chi connectivity index (χ1) is 11.7. The molecule has 4 rings (SSSR count). The molecular weight excluding hydrogens is 302 g/mol. The molecule has 0 fully saturated rings. The number of hydrogen-bond acceptors (Lipinski definition) is 4. The van der Waals surface area contributed by atoms with Crippen LogP contribution in [0, 0.1) is 0 Å². The Labute approximate surface area is 139 Å². The smallest absolute Gasteiger partial charge is 0.161 e. The van der Waals surface area contributed by atoms with Crippen LogP contribution >= 0.6 is 0 Å². The Balaban J connectivity index is 1.72. The highest BCUT2D eigenvalue weighted by atomic mass is 15.4. The number of benzene rings is 1. The third kappa shape index (κ3) is 2.40. The van der Waals surface area contributed by atoms with Crippen molar-refractivity contribution in [2.75, 3.05) is 0 Å². The molecule has 7 heteroatoms. The lowest BCUT2D eigenvalue weighted by Gasteiger charge is -2.16. The Hall–Kier alpha value is -3.22. The van der Waals surface area contributed by atoms with Crippen LogP contribution in [-0.4, -0.2) is 34.3 Å². The fraction of sp³-hybridized carbons (Fsp3) is 0.176. The van der Waals surface area contributed by atoms with Gasteiger partial charge in [0.2, 0.25) is 0 Å². The van der Waals surface area contributed by atoms with E-state index in [2.05, 4.69) is 39.5 Å². The molecule has 0 bridgehead atoms. The topological polar surface area (TPSA) is 66.3 Å². The maximum absolute atomic E-state index is 4.34. The van der Waals surface area contributed by atoms with Crippen molar-refractivity contribution < 1.29 is 0 Å². The molecule has 3 heterocycles. The molecule has 7 nitrogen and oxygen atoms in total. The van der Waals surface area contributed by atoms with E-state index in [9.17, 15) is 0 Å². The van der Waals surface area contributed by atoms with Gasteiger partial charge in [0.25, 0.3) is 0 Å². The molecule has 120 valence electrons. The lowest BCUT2D eigenvalue weighted by atomic mass is 10.1. The molecule has 24 heavy (non-hydrogen) atoms. The van der Waals surface area contributed by atoms with Gasteiger partial charge in [-0.2, -0.15) is 5.10 Å². The third-order valence-corrected chi connectivity index (χ3v) is 4.10. The Bertz CT molecular complexity index is 949. The molecule has 1 atom stereocenters. The van der Waals surface area contributed by atoms with Gasteiger partial charge in [0, 0.05) is 37.4 Å². The van der Waals surface area contributed by atoms with Crippen LogP contribution in [0.3, 0.4) is 0 Å². The maximum Gasteiger partial charge on any atom is 0.161 e. The zero-order valence-electron chi connectivity index (χ0n) is 13.5. The minimum absolute atomic E-state index is 0.0203. The number of aromatic nitrogens is 7. The quantitative estimate of drug-likeness (QED) is 0.579. The van der Waals surface area contributed by atoms with Crippen LogP contribution in [0.15, 0.2) is 61.3 Å². The summed E-state index contributed by atoms with van der Waals surface area (Å²) in [7, 11) is 1.94. The molecule has 0 saturated carbocycles. The van der Waals surface area contributed by atoms with Gasteiger partial charge in [-0.25, -0.2) is 14.3 Å². The second-order valence-corrected chi connectivity index (χ2v) is 5.63. The summed E-state index contributed by atoms with van der Waals surface area (Å²) in [5, 5.41) is 12.9. The normalized spacial score (nSPS) is 12.4. The summed E-state index contributed by atoms with van der Waals surface area (Å²) in [6.45, 7) is 2.10. The number of rotatable bonds is 4. The minimum atomic E-state index is 0.0203. The number of hydrogen-bond donors (Lipinski definition) is 0. The average Bonchev–Trinajstić information content (AvgIpc) is 3.35. The standard InChI is InChI=1S/C17H17N7/c1-13(14-6-3-4-7-16(14)23-10-5-8-19-23)24-12-15(20-21-24)17-18-9-11-22(17)2/h3-13H,1-2H3/t13-/m1/s1. The first-order valence-electron chi connectivity index (χ1n) is 7.72. The summed E-state index contributed by atoms with van der Waals surface area (Å²) in [6, 6.07) is 10.1. The molecule has 0 radical (unpaired) electrons. The molecule has 0 aliphatic rings. The fourth-order valence-corrected chi connectivity index (χ4v) is 2.78. The predicted molar refractivity (Wildman–Crippen MR) is 89.6 cm³/mol. The van der Waals surface area contributed by atoms with Crippen molar-refractivity contribution >= 4 is 0 Å². The van der Waals surface area contributed by atoms with Crippen molar-refractivity contribution in [3.8, 4) is 17.2 Å². The van der Waals surface area contributed by atoms with Gasteiger partial charge in [-0.1, -0.05) is 23.4 Å². The van der Waals surface area contributed by atoms with Crippen molar-refractivity contribution in [1.29, 1.82) is 0 Å². The van der Waals surface area contributed by atoms with Crippen LogP contribution < -0.4 is 0 Å². The summed E-state index contributed by atoms with van der Waals surface area (Å²) >= 11 is 0. The second-order valence-electron chi connectivity index (χ2n) is 5.63. The van der Waals surface area contributed by atoms with Crippen molar-refractivity contribution in [2.24, 2.45) is 7.05 Å². The molecule has 0 N–H and O–H groups in total. The zero-order chi connectivity index (χ0) is 16.5. The summed E-state index contributed by atoms with van der Waals surface area (Å²) < 4.78 is 5.64. The van der Waals surface area contributed by atoms with Crippen LogP contribution in [-0.2, 0) is 7.05 Å². The SMILES string of the molecule is C[C@H](c1ccccc1-n1cccn1)n1cc(-c2nccn2C)nn1. The highest BCUT2D eigenvalue weighted by Gasteiger charge is 2.17. The van der Waals surface area contributed by atoms with Crippen LogP contribution in [0.2, 0.25) is 0 Å². The third-order valence-electron chi connectivity index (χ3n) is 4.10. The first-order valence-corrected chi connectivity index (χ1v) is 7.72. The van der Waals surface area contributed by atoms with Gasteiger partial charge in [-0.05, 0) is 19.1 Å². The number of imidazole rings is 1. The van der Waals surface area contributed by atoms with E-state index in [0.717, 1.165) is 22.8 Å². The van der Waals surface area contributed by atoms with Gasteiger partial charge in [0.1, 0.15) is 5.69 Å². The molecule has 0 aliphatic heterocycles. The maximum atomic E-state index is 4.34. The Kier molecular flexibility index (Phi) is 3.45. The molecular formula is C17H17N7. The largest absolute Gasteiger partial charge is 0.333 e. The van der Waals surface area contributed by atoms with Crippen LogP contribution in [0.1, 0.15) is 18.5 Å². The molecule has 0 unspecified atom stereocenters. The van der Waals surface area contributed by atoms with Crippen molar-refractivity contribution in [1.82, 2.24) is 34.3 Å². The van der Waals surface area contributed by atoms with Crippen LogP contribution in [0.5, 0.6) is 0 Å².